The molecule has 0 atom stereocenters. The van der Waals surface area contributed by atoms with Crippen molar-refractivity contribution in [1.82, 2.24) is 19.7 Å². The maximum absolute atomic E-state index is 13.4. The smallest absolute Gasteiger partial charge is 0.191 e. The zero-order valence-corrected chi connectivity index (χ0v) is 19.2. The maximum Gasteiger partial charge on any atom is 0.191 e. The van der Waals surface area contributed by atoms with Crippen LogP contribution in [0.15, 0.2) is 53.7 Å². The molecule has 4 rings (SSSR count). The first-order valence-corrected chi connectivity index (χ1v) is 12.1. The number of nitrogens with zero attached hydrogens (tertiary/aromatic N) is 4. The van der Waals surface area contributed by atoms with Crippen LogP contribution in [0.4, 0.5) is 4.39 Å². The number of aromatic nitrogens is 3. The molecule has 3 aromatic rings. The molecule has 2 heterocycles. The normalized spacial score (nSPS) is 14.6. The number of hydrogen-bond donors (Lipinski definition) is 0. The minimum atomic E-state index is -0.257. The molecule has 8 heteroatoms. The molecular weight excluding hydrogens is 427 g/mol. The van der Waals surface area contributed by atoms with Crippen molar-refractivity contribution in [3.63, 3.8) is 0 Å². The molecule has 6 nitrogen and oxygen atoms in total. The highest BCUT2D eigenvalue weighted by molar-refractivity contribution is 7.99. The summed E-state index contributed by atoms with van der Waals surface area (Å²) in [4.78, 5) is 2.39. The topological polar surface area (TPSA) is 52.4 Å². The third-order valence-electron chi connectivity index (χ3n) is 5.45. The van der Waals surface area contributed by atoms with E-state index in [9.17, 15) is 4.39 Å². The van der Waals surface area contributed by atoms with Crippen LogP contribution in [0.5, 0.6) is 5.75 Å². The summed E-state index contributed by atoms with van der Waals surface area (Å²) in [6, 6.07) is 14.6. The summed E-state index contributed by atoms with van der Waals surface area (Å²) >= 11 is 1.63. The van der Waals surface area contributed by atoms with Crippen LogP contribution in [0.1, 0.15) is 12.5 Å². The van der Waals surface area contributed by atoms with Crippen LogP contribution in [0.2, 0.25) is 0 Å². The lowest BCUT2D eigenvalue weighted by Crippen LogP contribution is -2.38. The predicted octanol–water partition coefficient (Wildman–Crippen LogP) is 4.15. The SMILES string of the molecule is CCc1cccc(OCCSc2nnc(-c3ccc(F)cc3)n2CCN2CCOCC2)c1. The van der Waals surface area contributed by atoms with Crippen molar-refractivity contribution in [2.24, 2.45) is 0 Å². The Labute approximate surface area is 192 Å². The van der Waals surface area contributed by atoms with Gasteiger partial charge in [0.1, 0.15) is 11.6 Å². The van der Waals surface area contributed by atoms with Gasteiger partial charge in [-0.25, -0.2) is 4.39 Å². The van der Waals surface area contributed by atoms with Crippen molar-refractivity contribution in [2.45, 2.75) is 25.0 Å². The molecule has 0 radical (unpaired) electrons. The van der Waals surface area contributed by atoms with E-state index in [0.29, 0.717) is 6.61 Å². The summed E-state index contributed by atoms with van der Waals surface area (Å²) in [6.07, 6.45) is 0.990. The summed E-state index contributed by atoms with van der Waals surface area (Å²) in [5.74, 6) is 2.16. The van der Waals surface area contributed by atoms with Crippen LogP contribution >= 0.6 is 11.8 Å². The molecule has 0 N–H and O–H groups in total. The first-order valence-electron chi connectivity index (χ1n) is 11.1. The van der Waals surface area contributed by atoms with Gasteiger partial charge in [0.05, 0.1) is 19.8 Å². The van der Waals surface area contributed by atoms with Crippen LogP contribution < -0.4 is 4.74 Å². The molecule has 0 amide bonds. The van der Waals surface area contributed by atoms with Crippen LogP contribution in [0.3, 0.4) is 0 Å². The molecule has 1 aliphatic rings. The lowest BCUT2D eigenvalue weighted by Gasteiger charge is -2.27. The summed E-state index contributed by atoms with van der Waals surface area (Å²) in [7, 11) is 0. The van der Waals surface area contributed by atoms with E-state index in [0.717, 1.165) is 73.9 Å². The first kappa shape index (κ1) is 22.8. The van der Waals surface area contributed by atoms with Gasteiger partial charge in [0.25, 0.3) is 0 Å². The van der Waals surface area contributed by atoms with Gasteiger partial charge in [-0.2, -0.15) is 0 Å². The van der Waals surface area contributed by atoms with Crippen molar-refractivity contribution in [1.29, 1.82) is 0 Å². The van der Waals surface area contributed by atoms with Gasteiger partial charge >= 0.3 is 0 Å². The van der Waals surface area contributed by atoms with E-state index >= 15 is 0 Å². The summed E-state index contributed by atoms with van der Waals surface area (Å²) < 4.78 is 26.9. The Morgan fingerprint density at radius 3 is 2.66 bits per heavy atom. The third kappa shape index (κ3) is 6.09. The Morgan fingerprint density at radius 1 is 1.06 bits per heavy atom. The van der Waals surface area contributed by atoms with E-state index in [-0.39, 0.29) is 5.82 Å². The molecule has 1 aliphatic heterocycles. The van der Waals surface area contributed by atoms with Crippen molar-refractivity contribution in [3.05, 3.63) is 59.9 Å². The van der Waals surface area contributed by atoms with E-state index in [1.54, 1.807) is 23.9 Å². The molecule has 0 aliphatic carbocycles. The Bertz CT molecular complexity index is 990. The zero-order chi connectivity index (χ0) is 22.2. The lowest BCUT2D eigenvalue weighted by molar-refractivity contribution is 0.0361. The van der Waals surface area contributed by atoms with Crippen LogP contribution in [0.25, 0.3) is 11.4 Å². The van der Waals surface area contributed by atoms with Gasteiger partial charge in [0.2, 0.25) is 0 Å². The number of thioether (sulfide) groups is 1. The first-order chi connectivity index (χ1) is 15.7. The van der Waals surface area contributed by atoms with Gasteiger partial charge in [0.15, 0.2) is 11.0 Å². The maximum atomic E-state index is 13.4. The fourth-order valence-electron chi connectivity index (χ4n) is 3.62. The highest BCUT2D eigenvalue weighted by Gasteiger charge is 2.17. The van der Waals surface area contributed by atoms with Crippen molar-refractivity contribution >= 4 is 11.8 Å². The number of rotatable bonds is 10. The van der Waals surface area contributed by atoms with E-state index in [4.69, 9.17) is 9.47 Å². The standard InChI is InChI=1S/C24H29FN4O2S/c1-2-19-4-3-5-22(18-19)31-16-17-32-24-27-26-23(20-6-8-21(25)9-7-20)29(24)11-10-28-12-14-30-15-13-28/h3-9,18H,2,10-17H2,1H3. The van der Waals surface area contributed by atoms with Gasteiger partial charge in [-0.3, -0.25) is 4.90 Å². The third-order valence-corrected chi connectivity index (χ3v) is 6.38. The number of halogens is 1. The second-order valence-corrected chi connectivity index (χ2v) is 8.68. The lowest BCUT2D eigenvalue weighted by atomic mass is 10.2. The number of aryl methyl sites for hydroxylation is 1. The fourth-order valence-corrected chi connectivity index (χ4v) is 4.40. The molecule has 1 aromatic heterocycles. The predicted molar refractivity (Wildman–Crippen MR) is 125 cm³/mol. The Hall–Kier alpha value is -2.42. The molecule has 0 bridgehead atoms. The number of ether oxygens (including phenoxy) is 2. The molecular formula is C24H29FN4O2S. The van der Waals surface area contributed by atoms with Crippen LogP contribution in [-0.2, 0) is 17.7 Å². The highest BCUT2D eigenvalue weighted by atomic mass is 32.2. The van der Waals surface area contributed by atoms with Crippen molar-refractivity contribution in [3.8, 4) is 17.1 Å². The Balaban J connectivity index is 1.42. The molecule has 0 saturated carbocycles. The average molecular weight is 457 g/mol. The number of morpholine rings is 1. The van der Waals surface area contributed by atoms with Gasteiger partial charge in [-0.1, -0.05) is 30.8 Å². The highest BCUT2D eigenvalue weighted by Crippen LogP contribution is 2.25. The van der Waals surface area contributed by atoms with E-state index in [1.165, 1.54) is 17.7 Å². The second kappa shape index (κ2) is 11.4. The Morgan fingerprint density at radius 2 is 1.88 bits per heavy atom. The molecule has 0 unspecified atom stereocenters. The number of hydrogen-bond acceptors (Lipinski definition) is 6. The molecule has 1 saturated heterocycles. The molecule has 170 valence electrons. The molecule has 0 spiro atoms. The van der Waals surface area contributed by atoms with E-state index < -0.39 is 0 Å². The van der Waals surface area contributed by atoms with Crippen molar-refractivity contribution < 1.29 is 13.9 Å². The summed E-state index contributed by atoms with van der Waals surface area (Å²) in [6.45, 7) is 7.78. The summed E-state index contributed by atoms with van der Waals surface area (Å²) in [5, 5.41) is 9.71. The van der Waals surface area contributed by atoms with E-state index in [1.807, 2.05) is 12.1 Å². The fraction of sp³-hybridized carbons (Fsp3) is 0.417. The molecule has 32 heavy (non-hydrogen) atoms. The quantitative estimate of drug-likeness (QED) is 0.338. The minimum absolute atomic E-state index is 0.257. The zero-order valence-electron chi connectivity index (χ0n) is 18.4. The Kier molecular flexibility index (Phi) is 8.14. The van der Waals surface area contributed by atoms with Crippen LogP contribution in [-0.4, -0.2) is 64.9 Å². The van der Waals surface area contributed by atoms with Gasteiger partial charge in [0, 0.05) is 37.5 Å². The minimum Gasteiger partial charge on any atom is -0.493 e. The molecule has 1 fully saturated rings. The van der Waals surface area contributed by atoms with Gasteiger partial charge < -0.3 is 14.0 Å². The van der Waals surface area contributed by atoms with Crippen molar-refractivity contribution in [2.75, 3.05) is 45.2 Å². The van der Waals surface area contributed by atoms with Crippen LogP contribution in [0, 0.1) is 5.82 Å². The van der Waals surface area contributed by atoms with E-state index in [2.05, 4.69) is 38.7 Å². The number of benzene rings is 2. The summed E-state index contributed by atoms with van der Waals surface area (Å²) in [5.41, 5.74) is 2.13. The largest absolute Gasteiger partial charge is 0.493 e. The monoisotopic (exact) mass is 456 g/mol. The van der Waals surface area contributed by atoms with Gasteiger partial charge in [-0.05, 0) is 48.4 Å². The average Bonchev–Trinajstić information content (AvgIpc) is 3.24. The molecule has 2 aromatic carbocycles. The van der Waals surface area contributed by atoms with Gasteiger partial charge in [-0.15, -0.1) is 10.2 Å². The second-order valence-electron chi connectivity index (χ2n) is 7.62.